The zero-order valence-electron chi connectivity index (χ0n) is 12.7. The Morgan fingerprint density at radius 3 is 2.42 bits per heavy atom. The van der Waals surface area contributed by atoms with Crippen LogP contribution in [0.4, 0.5) is 8.78 Å². The van der Waals surface area contributed by atoms with Gasteiger partial charge in [0.1, 0.15) is 5.69 Å². The van der Waals surface area contributed by atoms with Crippen LogP contribution in [-0.4, -0.2) is 28.0 Å². The normalized spacial score (nSPS) is 11.8. The van der Waals surface area contributed by atoms with E-state index in [9.17, 15) is 17.2 Å². The fraction of sp³-hybridized carbons (Fsp3) is 0.200. The molecule has 2 aromatic heterocycles. The Morgan fingerprint density at radius 1 is 1.08 bits per heavy atom. The Morgan fingerprint density at radius 2 is 1.79 bits per heavy atom. The third-order valence-corrected chi connectivity index (χ3v) is 4.94. The highest BCUT2D eigenvalue weighted by Gasteiger charge is 2.18. The van der Waals surface area contributed by atoms with E-state index >= 15 is 0 Å². The minimum absolute atomic E-state index is 0.190. The van der Waals surface area contributed by atoms with Crippen LogP contribution >= 0.6 is 0 Å². The van der Waals surface area contributed by atoms with Crippen molar-refractivity contribution in [1.29, 1.82) is 0 Å². The number of para-hydroxylation sites is 1. The van der Waals surface area contributed by atoms with Gasteiger partial charge in [-0.1, -0.05) is 6.07 Å². The molecule has 0 saturated heterocycles. The molecule has 9 heteroatoms. The van der Waals surface area contributed by atoms with E-state index in [0.717, 1.165) is 16.8 Å². The molecule has 0 atom stereocenters. The molecule has 6 nitrogen and oxygen atoms in total. The maximum Gasteiger partial charge on any atom is 0.161 e. The molecule has 0 saturated carbocycles. The van der Waals surface area contributed by atoms with Crippen molar-refractivity contribution in [3.05, 3.63) is 65.7 Å². The van der Waals surface area contributed by atoms with Gasteiger partial charge in [-0.05, 0) is 24.3 Å². The molecule has 0 radical (unpaired) electrons. The fourth-order valence-electron chi connectivity index (χ4n) is 2.32. The zero-order chi connectivity index (χ0) is 17.3. The van der Waals surface area contributed by atoms with E-state index in [1.54, 1.807) is 13.1 Å². The summed E-state index contributed by atoms with van der Waals surface area (Å²) in [4.78, 5) is 0. The lowest BCUT2D eigenvalue weighted by Crippen LogP contribution is -2.11. The van der Waals surface area contributed by atoms with Gasteiger partial charge in [-0.3, -0.25) is 4.68 Å². The third kappa shape index (κ3) is 3.35. The van der Waals surface area contributed by atoms with E-state index in [-0.39, 0.29) is 22.9 Å². The fourth-order valence-corrected chi connectivity index (χ4v) is 3.76. The molecular formula is C15H14F2N4O2S. The second kappa shape index (κ2) is 6.16. The summed E-state index contributed by atoms with van der Waals surface area (Å²) in [5.74, 6) is -2.07. The van der Waals surface area contributed by atoms with Crippen LogP contribution in [0.2, 0.25) is 0 Å². The first-order valence-corrected chi connectivity index (χ1v) is 8.84. The Kier molecular flexibility index (Phi) is 4.18. The van der Waals surface area contributed by atoms with Crippen LogP contribution in [0.15, 0.2) is 42.7 Å². The number of rotatable bonds is 5. The lowest BCUT2D eigenvalue weighted by Gasteiger charge is -2.05. The van der Waals surface area contributed by atoms with Gasteiger partial charge in [0, 0.05) is 19.4 Å². The molecule has 3 aromatic rings. The molecule has 1 aromatic carbocycles. The first-order chi connectivity index (χ1) is 11.4. The number of nitrogens with zero attached hydrogens (tertiary/aromatic N) is 4. The summed E-state index contributed by atoms with van der Waals surface area (Å²) in [5, 5.41) is 7.89. The van der Waals surface area contributed by atoms with Crippen molar-refractivity contribution in [3.63, 3.8) is 0 Å². The molecule has 0 aliphatic heterocycles. The van der Waals surface area contributed by atoms with Crippen LogP contribution in [0.3, 0.4) is 0 Å². The average molecular weight is 352 g/mol. The number of hydrogen-bond donors (Lipinski definition) is 0. The monoisotopic (exact) mass is 352 g/mol. The molecule has 0 bridgehead atoms. The second-order valence-electron chi connectivity index (χ2n) is 5.30. The molecule has 0 fully saturated rings. The Hall–Kier alpha value is -2.55. The lowest BCUT2D eigenvalue weighted by atomic mass is 10.3. The number of halogens is 2. The Balaban J connectivity index is 1.83. The van der Waals surface area contributed by atoms with Crippen LogP contribution in [0.5, 0.6) is 0 Å². The van der Waals surface area contributed by atoms with Crippen LogP contribution in [0, 0.1) is 11.6 Å². The van der Waals surface area contributed by atoms with E-state index in [1.165, 1.54) is 29.2 Å². The number of hydrogen-bond acceptors (Lipinski definition) is 4. The van der Waals surface area contributed by atoms with E-state index in [0.29, 0.717) is 5.69 Å². The molecule has 24 heavy (non-hydrogen) atoms. The average Bonchev–Trinajstić information content (AvgIpc) is 3.08. The van der Waals surface area contributed by atoms with Crippen molar-refractivity contribution >= 4 is 9.84 Å². The summed E-state index contributed by atoms with van der Waals surface area (Å²) in [6.45, 7) is 0. The van der Waals surface area contributed by atoms with Crippen LogP contribution < -0.4 is 0 Å². The van der Waals surface area contributed by atoms with Crippen molar-refractivity contribution < 1.29 is 17.2 Å². The summed E-state index contributed by atoms with van der Waals surface area (Å²) in [7, 11) is -1.84. The van der Waals surface area contributed by atoms with Crippen molar-refractivity contribution in [2.45, 2.75) is 11.5 Å². The standard InChI is InChI=1S/C15H14F2N4O2S/c1-20-12(5-7-18-20)10-24(22,23)9-11-6-8-21(19-11)15-13(16)3-2-4-14(15)17/h2-8H,9-10H2,1H3. The van der Waals surface area contributed by atoms with Gasteiger partial charge >= 0.3 is 0 Å². The minimum Gasteiger partial charge on any atom is -0.272 e. The maximum absolute atomic E-state index is 13.8. The summed E-state index contributed by atoms with van der Waals surface area (Å²) >= 11 is 0. The molecule has 0 aliphatic rings. The van der Waals surface area contributed by atoms with Gasteiger partial charge in [-0.25, -0.2) is 21.9 Å². The van der Waals surface area contributed by atoms with Crippen molar-refractivity contribution in [1.82, 2.24) is 19.6 Å². The number of sulfone groups is 1. The summed E-state index contributed by atoms with van der Waals surface area (Å²) in [6.07, 6.45) is 2.84. The highest BCUT2D eigenvalue weighted by molar-refractivity contribution is 7.89. The van der Waals surface area contributed by atoms with Gasteiger partial charge in [0.25, 0.3) is 0 Å². The van der Waals surface area contributed by atoms with Crippen LogP contribution in [-0.2, 0) is 28.4 Å². The molecule has 126 valence electrons. The topological polar surface area (TPSA) is 69.8 Å². The van der Waals surface area contributed by atoms with Gasteiger partial charge in [0.2, 0.25) is 0 Å². The van der Waals surface area contributed by atoms with Gasteiger partial charge in [0.05, 0.1) is 22.9 Å². The molecule has 0 unspecified atom stereocenters. The Bertz CT molecular complexity index is 959. The SMILES string of the molecule is Cn1nccc1CS(=O)(=O)Cc1ccn(-c2c(F)cccc2F)n1. The van der Waals surface area contributed by atoms with E-state index in [2.05, 4.69) is 10.2 Å². The molecule has 0 aliphatic carbocycles. The van der Waals surface area contributed by atoms with Crippen LogP contribution in [0.1, 0.15) is 11.4 Å². The number of aryl methyl sites for hydroxylation is 1. The lowest BCUT2D eigenvalue weighted by molar-refractivity contribution is 0.559. The summed E-state index contributed by atoms with van der Waals surface area (Å²) in [5.41, 5.74) is 0.419. The highest BCUT2D eigenvalue weighted by Crippen LogP contribution is 2.18. The molecule has 0 N–H and O–H groups in total. The quantitative estimate of drug-likeness (QED) is 0.704. The Labute approximate surface area is 137 Å². The largest absolute Gasteiger partial charge is 0.272 e. The molecular weight excluding hydrogens is 338 g/mol. The van der Waals surface area contributed by atoms with Gasteiger partial charge in [-0.2, -0.15) is 10.2 Å². The zero-order valence-corrected chi connectivity index (χ0v) is 13.5. The summed E-state index contributed by atoms with van der Waals surface area (Å²) < 4.78 is 54.5. The van der Waals surface area contributed by atoms with Crippen LogP contribution in [0.25, 0.3) is 5.69 Å². The summed E-state index contributed by atoms with van der Waals surface area (Å²) in [6, 6.07) is 6.51. The van der Waals surface area contributed by atoms with E-state index < -0.39 is 21.5 Å². The predicted molar refractivity (Wildman–Crippen MR) is 83.0 cm³/mol. The minimum atomic E-state index is -3.49. The molecule has 3 rings (SSSR count). The van der Waals surface area contributed by atoms with Gasteiger partial charge in [-0.15, -0.1) is 0 Å². The first-order valence-electron chi connectivity index (χ1n) is 7.02. The van der Waals surface area contributed by atoms with Gasteiger partial charge in [0.15, 0.2) is 21.5 Å². The number of benzene rings is 1. The van der Waals surface area contributed by atoms with Crippen molar-refractivity contribution in [2.75, 3.05) is 0 Å². The molecule has 2 heterocycles. The van der Waals surface area contributed by atoms with Crippen molar-refractivity contribution in [2.24, 2.45) is 7.05 Å². The maximum atomic E-state index is 13.8. The predicted octanol–water partition coefficient (Wildman–Crippen LogP) is 2.00. The van der Waals surface area contributed by atoms with E-state index in [1.807, 2.05) is 0 Å². The van der Waals surface area contributed by atoms with Crippen molar-refractivity contribution in [3.8, 4) is 5.69 Å². The molecule has 0 spiro atoms. The third-order valence-electron chi connectivity index (χ3n) is 3.47. The molecule has 0 amide bonds. The first kappa shape index (κ1) is 16.3. The number of aromatic nitrogens is 4. The van der Waals surface area contributed by atoms with Gasteiger partial charge < -0.3 is 0 Å². The van der Waals surface area contributed by atoms with E-state index in [4.69, 9.17) is 0 Å². The smallest absolute Gasteiger partial charge is 0.161 e. The second-order valence-corrected chi connectivity index (χ2v) is 7.36. The highest BCUT2D eigenvalue weighted by atomic mass is 32.2.